The molecule has 0 saturated heterocycles. The molecule has 1 atom stereocenters. The minimum absolute atomic E-state index is 0.118. The molecule has 1 aromatic rings. The molecule has 1 aromatic heterocycles. The third kappa shape index (κ3) is 4.98. The number of alkyl halides is 1. The average molecular weight is 348 g/mol. The summed E-state index contributed by atoms with van der Waals surface area (Å²) in [4.78, 5) is 9.16. The number of ether oxygens (including phenoxy) is 1. The van der Waals surface area contributed by atoms with Crippen LogP contribution in [0.1, 0.15) is 38.6 Å². The van der Waals surface area contributed by atoms with Gasteiger partial charge in [0.25, 0.3) is 0 Å². The number of aryl methyl sites for hydroxylation is 2. The Morgan fingerprint density at radius 2 is 1.90 bits per heavy atom. The Morgan fingerprint density at radius 3 is 2.45 bits per heavy atom. The Labute approximate surface area is 128 Å². The predicted molar refractivity (Wildman–Crippen MR) is 83.0 cm³/mol. The molecular weight excluding hydrogens is 325 g/mol. The maximum absolute atomic E-state index is 12.1. The summed E-state index contributed by atoms with van der Waals surface area (Å²) in [6.07, 6.45) is 2.51. The molecule has 0 saturated carbocycles. The lowest BCUT2D eigenvalue weighted by Gasteiger charge is -2.19. The minimum atomic E-state index is -0.450. The van der Waals surface area contributed by atoms with E-state index in [1.165, 1.54) is 0 Å². The van der Waals surface area contributed by atoms with Gasteiger partial charge >= 0.3 is 0 Å². The fourth-order valence-corrected chi connectivity index (χ4v) is 2.39. The number of hydrogen-bond acceptors (Lipinski definition) is 4. The normalized spacial score (nSPS) is 12.4. The van der Waals surface area contributed by atoms with Crippen molar-refractivity contribution in [2.75, 3.05) is 25.2 Å². The van der Waals surface area contributed by atoms with Crippen LogP contribution in [0.3, 0.4) is 0 Å². The summed E-state index contributed by atoms with van der Waals surface area (Å²) >= 11 is 3.45. The lowest BCUT2D eigenvalue weighted by molar-refractivity contribution is 0.110. The van der Waals surface area contributed by atoms with Crippen LogP contribution in [-0.4, -0.2) is 35.9 Å². The highest BCUT2D eigenvalue weighted by molar-refractivity contribution is 9.10. The molecule has 0 aliphatic carbocycles. The number of anilines is 1. The number of aromatic nitrogens is 2. The van der Waals surface area contributed by atoms with E-state index >= 15 is 0 Å². The van der Waals surface area contributed by atoms with E-state index in [4.69, 9.17) is 4.74 Å². The second kappa shape index (κ2) is 9.23. The van der Waals surface area contributed by atoms with Crippen molar-refractivity contribution < 1.29 is 9.13 Å². The molecule has 0 aromatic carbocycles. The first-order chi connectivity index (χ1) is 9.65. The standard InChI is InChI=1S/C14H23BrFN3O/c1-4-10(9-20-8-7-16)17-14-12(6-3)18-13(15)11(5-2)19-14/h10H,4-9H2,1-3H3,(H,17,19)/t10-/m0/s1. The van der Waals surface area contributed by atoms with E-state index in [-0.39, 0.29) is 12.6 Å². The first-order valence-corrected chi connectivity index (χ1v) is 7.90. The lowest BCUT2D eigenvalue weighted by Crippen LogP contribution is -2.27. The second-order valence-corrected chi connectivity index (χ2v) is 5.23. The van der Waals surface area contributed by atoms with E-state index in [1.807, 2.05) is 13.8 Å². The van der Waals surface area contributed by atoms with Crippen molar-refractivity contribution in [2.24, 2.45) is 0 Å². The van der Waals surface area contributed by atoms with Gasteiger partial charge in [0.05, 0.1) is 30.6 Å². The van der Waals surface area contributed by atoms with Crippen molar-refractivity contribution in [3.8, 4) is 0 Å². The van der Waals surface area contributed by atoms with Crippen LogP contribution in [-0.2, 0) is 17.6 Å². The van der Waals surface area contributed by atoms with Crippen molar-refractivity contribution in [3.05, 3.63) is 16.0 Å². The summed E-state index contributed by atoms with van der Waals surface area (Å²) < 4.78 is 18.1. The van der Waals surface area contributed by atoms with Gasteiger partial charge in [-0.25, -0.2) is 14.4 Å². The van der Waals surface area contributed by atoms with Crippen LogP contribution in [0, 0.1) is 0 Å². The largest absolute Gasteiger partial charge is 0.377 e. The van der Waals surface area contributed by atoms with E-state index in [0.29, 0.717) is 6.61 Å². The lowest BCUT2D eigenvalue weighted by atomic mass is 10.2. The summed E-state index contributed by atoms with van der Waals surface area (Å²) in [6, 6.07) is 0.118. The maximum atomic E-state index is 12.1. The molecule has 1 N–H and O–H groups in total. The first-order valence-electron chi connectivity index (χ1n) is 7.11. The van der Waals surface area contributed by atoms with Gasteiger partial charge in [0.15, 0.2) is 0 Å². The number of rotatable bonds is 9. The van der Waals surface area contributed by atoms with Crippen LogP contribution in [0.5, 0.6) is 0 Å². The molecule has 0 aliphatic rings. The molecule has 114 valence electrons. The van der Waals surface area contributed by atoms with Crippen molar-refractivity contribution in [2.45, 2.75) is 46.1 Å². The second-order valence-electron chi connectivity index (χ2n) is 4.48. The highest BCUT2D eigenvalue weighted by Crippen LogP contribution is 2.20. The van der Waals surface area contributed by atoms with E-state index in [0.717, 1.165) is 41.1 Å². The van der Waals surface area contributed by atoms with Crippen LogP contribution in [0.25, 0.3) is 0 Å². The summed E-state index contributed by atoms with van der Waals surface area (Å²) in [6.45, 7) is 6.33. The minimum Gasteiger partial charge on any atom is -0.377 e. The van der Waals surface area contributed by atoms with Gasteiger partial charge in [-0.3, -0.25) is 0 Å². The first kappa shape index (κ1) is 17.3. The molecule has 20 heavy (non-hydrogen) atoms. The average Bonchev–Trinajstić information content (AvgIpc) is 2.47. The van der Waals surface area contributed by atoms with Gasteiger partial charge in [0.2, 0.25) is 0 Å². The third-order valence-electron chi connectivity index (χ3n) is 3.04. The molecule has 0 aliphatic heterocycles. The third-order valence-corrected chi connectivity index (χ3v) is 3.67. The van der Waals surface area contributed by atoms with Gasteiger partial charge in [0, 0.05) is 0 Å². The Hall–Kier alpha value is -0.750. The molecule has 4 nitrogen and oxygen atoms in total. The van der Waals surface area contributed by atoms with Crippen LogP contribution in [0.2, 0.25) is 0 Å². The number of nitrogens with zero attached hydrogens (tertiary/aromatic N) is 2. The van der Waals surface area contributed by atoms with Crippen LogP contribution >= 0.6 is 15.9 Å². The van der Waals surface area contributed by atoms with Gasteiger partial charge in [-0.05, 0) is 35.2 Å². The van der Waals surface area contributed by atoms with Crippen LogP contribution < -0.4 is 5.32 Å². The Balaban J connectivity index is 2.82. The summed E-state index contributed by atoms with van der Waals surface area (Å²) in [5.74, 6) is 0.809. The fraction of sp³-hybridized carbons (Fsp3) is 0.714. The monoisotopic (exact) mass is 347 g/mol. The predicted octanol–water partition coefficient (Wildman–Crippen LogP) is 3.54. The van der Waals surface area contributed by atoms with Crippen LogP contribution in [0.4, 0.5) is 10.2 Å². The molecule has 0 spiro atoms. The molecule has 1 heterocycles. The molecule has 0 radical (unpaired) electrons. The number of hydrogen-bond donors (Lipinski definition) is 1. The molecular formula is C14H23BrFN3O. The smallest absolute Gasteiger partial charge is 0.148 e. The molecule has 1 rings (SSSR count). The van der Waals surface area contributed by atoms with E-state index in [2.05, 4.69) is 38.1 Å². The van der Waals surface area contributed by atoms with Crippen molar-refractivity contribution in [3.63, 3.8) is 0 Å². The number of halogens is 2. The molecule has 6 heteroatoms. The van der Waals surface area contributed by atoms with E-state index in [9.17, 15) is 4.39 Å². The van der Waals surface area contributed by atoms with Gasteiger partial charge in [-0.2, -0.15) is 0 Å². The molecule has 0 fully saturated rings. The Kier molecular flexibility index (Phi) is 7.99. The summed E-state index contributed by atoms with van der Waals surface area (Å²) in [5, 5.41) is 3.37. The topological polar surface area (TPSA) is 47.0 Å². The highest BCUT2D eigenvalue weighted by atomic mass is 79.9. The molecule has 0 unspecified atom stereocenters. The number of nitrogens with one attached hydrogen (secondary N) is 1. The van der Waals surface area contributed by atoms with Gasteiger partial charge in [0.1, 0.15) is 17.1 Å². The maximum Gasteiger partial charge on any atom is 0.148 e. The zero-order chi connectivity index (χ0) is 15.0. The van der Waals surface area contributed by atoms with Gasteiger partial charge in [-0.15, -0.1) is 0 Å². The summed E-state index contributed by atoms with van der Waals surface area (Å²) in [5.41, 5.74) is 1.86. The quantitative estimate of drug-likeness (QED) is 0.694. The zero-order valence-electron chi connectivity index (χ0n) is 12.4. The highest BCUT2D eigenvalue weighted by Gasteiger charge is 2.14. The van der Waals surface area contributed by atoms with E-state index < -0.39 is 6.67 Å². The summed E-state index contributed by atoms with van der Waals surface area (Å²) in [7, 11) is 0. The van der Waals surface area contributed by atoms with Crippen LogP contribution in [0.15, 0.2) is 4.60 Å². The van der Waals surface area contributed by atoms with Crippen molar-refractivity contribution in [1.29, 1.82) is 0 Å². The fourth-order valence-electron chi connectivity index (χ4n) is 1.80. The van der Waals surface area contributed by atoms with E-state index in [1.54, 1.807) is 0 Å². The Morgan fingerprint density at radius 1 is 1.20 bits per heavy atom. The molecule has 0 bridgehead atoms. The van der Waals surface area contributed by atoms with Gasteiger partial charge < -0.3 is 10.1 Å². The SMILES string of the molecule is CCc1nc(N[C@@H](CC)COCCF)c(CC)nc1Br. The van der Waals surface area contributed by atoms with Crippen molar-refractivity contribution >= 4 is 21.7 Å². The zero-order valence-corrected chi connectivity index (χ0v) is 14.0. The molecule has 0 amide bonds. The Bertz CT molecular complexity index is 418. The van der Waals surface area contributed by atoms with Gasteiger partial charge in [-0.1, -0.05) is 20.8 Å². The van der Waals surface area contributed by atoms with Crippen molar-refractivity contribution in [1.82, 2.24) is 9.97 Å².